The van der Waals surface area contributed by atoms with Gasteiger partial charge < -0.3 is 21.5 Å². The van der Waals surface area contributed by atoms with Crippen molar-refractivity contribution in [1.82, 2.24) is 4.90 Å². The number of likely N-dealkylation sites (tertiary alicyclic amines) is 1. The fraction of sp³-hybridized carbons (Fsp3) is 0.471. The van der Waals surface area contributed by atoms with Gasteiger partial charge in [0.15, 0.2) is 0 Å². The van der Waals surface area contributed by atoms with Crippen molar-refractivity contribution in [1.29, 1.82) is 0 Å². The van der Waals surface area contributed by atoms with Crippen molar-refractivity contribution in [3.63, 3.8) is 0 Å². The fourth-order valence-corrected chi connectivity index (χ4v) is 3.83. The number of carboxylic acid groups (broad SMARTS) is 1. The summed E-state index contributed by atoms with van der Waals surface area (Å²) in [5.41, 5.74) is 14.7. The number of carboxylic acids is 1. The van der Waals surface area contributed by atoms with Crippen molar-refractivity contribution in [2.75, 3.05) is 13.1 Å². The first-order valence-electron chi connectivity index (χ1n) is 7.92. The van der Waals surface area contributed by atoms with E-state index in [9.17, 15) is 9.90 Å². The lowest BCUT2D eigenvalue weighted by molar-refractivity contribution is -0.132. The van der Waals surface area contributed by atoms with E-state index in [-0.39, 0.29) is 5.57 Å². The van der Waals surface area contributed by atoms with E-state index in [0.29, 0.717) is 17.1 Å². The first-order chi connectivity index (χ1) is 10.9. The van der Waals surface area contributed by atoms with Crippen molar-refractivity contribution in [3.8, 4) is 0 Å². The summed E-state index contributed by atoms with van der Waals surface area (Å²) in [5, 5.41) is 11.6. The molecule has 1 aliphatic heterocycles. The highest BCUT2D eigenvalue weighted by atomic mass is 32.1. The molecule has 0 atom stereocenters. The number of rotatable bonds is 4. The van der Waals surface area contributed by atoms with Crippen LogP contribution in [-0.4, -0.2) is 29.1 Å². The molecule has 0 radical (unpaired) electrons. The first-order valence-corrected chi connectivity index (χ1v) is 8.80. The number of hydrogen-bond donors (Lipinski definition) is 3. The Bertz CT molecular complexity index is 638. The summed E-state index contributed by atoms with van der Waals surface area (Å²) >= 11 is 1.51. The second-order valence-corrected chi connectivity index (χ2v) is 6.85. The summed E-state index contributed by atoms with van der Waals surface area (Å²) in [7, 11) is 0. The predicted molar refractivity (Wildman–Crippen MR) is 94.7 cm³/mol. The van der Waals surface area contributed by atoms with Crippen LogP contribution in [0.5, 0.6) is 0 Å². The van der Waals surface area contributed by atoms with Crippen LogP contribution in [-0.2, 0) is 4.79 Å². The van der Waals surface area contributed by atoms with E-state index in [1.54, 1.807) is 6.92 Å². The molecule has 126 valence electrons. The van der Waals surface area contributed by atoms with Gasteiger partial charge in [-0.25, -0.2) is 4.79 Å². The number of nitrogens with two attached hydrogens (primary N) is 2. The quantitative estimate of drug-likeness (QED) is 0.581. The van der Waals surface area contributed by atoms with Gasteiger partial charge in [-0.05, 0) is 49.3 Å². The number of aryl methyl sites for hydroxylation is 1. The van der Waals surface area contributed by atoms with Crippen LogP contribution in [0.2, 0.25) is 0 Å². The zero-order valence-electron chi connectivity index (χ0n) is 13.8. The molecule has 0 amide bonds. The molecular formula is C17H25N3O2S. The van der Waals surface area contributed by atoms with E-state index in [2.05, 4.69) is 0 Å². The van der Waals surface area contributed by atoms with E-state index in [0.717, 1.165) is 49.2 Å². The van der Waals surface area contributed by atoms with Crippen molar-refractivity contribution in [2.45, 2.75) is 39.5 Å². The van der Waals surface area contributed by atoms with Crippen LogP contribution in [0.1, 0.15) is 43.0 Å². The molecule has 6 heteroatoms. The number of carbonyl (C=O) groups is 1. The van der Waals surface area contributed by atoms with E-state index < -0.39 is 5.97 Å². The molecule has 1 aromatic rings. The summed E-state index contributed by atoms with van der Waals surface area (Å²) in [5.74, 6) is -0.699. The molecule has 23 heavy (non-hydrogen) atoms. The molecule has 0 spiro atoms. The SMILES string of the molecule is CC(/C(C(=O)O)=C(\N)N1CCCCCC1)=C(/N)c1sccc1C. The van der Waals surface area contributed by atoms with Crippen molar-refractivity contribution in [3.05, 3.63) is 38.9 Å². The molecule has 2 rings (SSSR count). The second kappa shape index (κ2) is 7.55. The van der Waals surface area contributed by atoms with Gasteiger partial charge in [-0.1, -0.05) is 12.8 Å². The maximum atomic E-state index is 11.8. The van der Waals surface area contributed by atoms with Crippen LogP contribution in [0.4, 0.5) is 0 Å². The number of thiophene rings is 1. The molecule has 5 N–H and O–H groups in total. The van der Waals surface area contributed by atoms with Gasteiger partial charge in [-0.15, -0.1) is 11.3 Å². The number of aliphatic carboxylic acids is 1. The molecule has 2 heterocycles. The van der Waals surface area contributed by atoms with Crippen LogP contribution in [0.3, 0.4) is 0 Å². The molecule has 1 aliphatic rings. The lowest BCUT2D eigenvalue weighted by Crippen LogP contribution is -2.32. The van der Waals surface area contributed by atoms with Crippen LogP contribution in [0.25, 0.3) is 5.70 Å². The Kier molecular flexibility index (Phi) is 5.71. The van der Waals surface area contributed by atoms with E-state index in [1.165, 1.54) is 11.3 Å². The Hall–Kier alpha value is -1.95. The third-order valence-corrected chi connectivity index (χ3v) is 5.35. The third kappa shape index (κ3) is 3.88. The van der Waals surface area contributed by atoms with Crippen LogP contribution in [0.15, 0.2) is 28.4 Å². The van der Waals surface area contributed by atoms with Crippen molar-refractivity contribution in [2.24, 2.45) is 11.5 Å². The van der Waals surface area contributed by atoms with Gasteiger partial charge in [0.2, 0.25) is 0 Å². The standard InChI is InChI=1S/C17H25N3O2S/c1-11-7-10-23-15(11)14(18)12(2)13(17(21)22)16(19)20-8-5-3-4-6-9-20/h7,10H,3-6,8-9,18-19H2,1-2H3,(H,21,22)/b14-12-,16-13-. The van der Waals surface area contributed by atoms with Crippen molar-refractivity contribution < 1.29 is 9.90 Å². The summed E-state index contributed by atoms with van der Waals surface area (Å²) < 4.78 is 0. The Morgan fingerprint density at radius 1 is 1.22 bits per heavy atom. The van der Waals surface area contributed by atoms with Gasteiger partial charge in [-0.3, -0.25) is 0 Å². The molecule has 0 saturated carbocycles. The molecular weight excluding hydrogens is 310 g/mol. The maximum absolute atomic E-state index is 11.8. The van der Waals surface area contributed by atoms with Gasteiger partial charge in [-0.2, -0.15) is 0 Å². The van der Waals surface area contributed by atoms with E-state index in [1.807, 2.05) is 23.3 Å². The summed E-state index contributed by atoms with van der Waals surface area (Å²) in [6.07, 6.45) is 4.40. The Morgan fingerprint density at radius 2 is 1.83 bits per heavy atom. The minimum atomic E-state index is -1.03. The zero-order valence-corrected chi connectivity index (χ0v) is 14.6. The van der Waals surface area contributed by atoms with Gasteiger partial charge in [0.05, 0.1) is 10.6 Å². The molecule has 1 aromatic heterocycles. The third-order valence-electron chi connectivity index (χ3n) is 4.30. The highest BCUT2D eigenvalue weighted by molar-refractivity contribution is 7.11. The Labute approximate surface area is 141 Å². The average molecular weight is 335 g/mol. The predicted octanol–water partition coefficient (Wildman–Crippen LogP) is 2.88. The average Bonchev–Trinajstić information content (AvgIpc) is 2.77. The molecule has 5 nitrogen and oxygen atoms in total. The smallest absolute Gasteiger partial charge is 0.339 e. The lowest BCUT2D eigenvalue weighted by atomic mass is 10.0. The van der Waals surface area contributed by atoms with Crippen LogP contribution >= 0.6 is 11.3 Å². The van der Waals surface area contributed by atoms with Crippen LogP contribution in [0, 0.1) is 6.92 Å². The normalized spacial score (nSPS) is 18.1. The minimum absolute atomic E-state index is 0.122. The van der Waals surface area contributed by atoms with Crippen molar-refractivity contribution >= 4 is 23.0 Å². The Morgan fingerprint density at radius 3 is 2.30 bits per heavy atom. The molecule has 0 aromatic carbocycles. The first kappa shape index (κ1) is 17.4. The summed E-state index contributed by atoms with van der Waals surface area (Å²) in [6.45, 7) is 5.30. The van der Waals surface area contributed by atoms with Crippen LogP contribution < -0.4 is 11.5 Å². The molecule has 1 fully saturated rings. The van der Waals surface area contributed by atoms with Gasteiger partial charge in [0.25, 0.3) is 0 Å². The minimum Gasteiger partial charge on any atom is -0.478 e. The fourth-order valence-electron chi connectivity index (χ4n) is 2.89. The number of nitrogens with zero attached hydrogens (tertiary/aromatic N) is 1. The monoisotopic (exact) mass is 335 g/mol. The summed E-state index contributed by atoms with van der Waals surface area (Å²) in [4.78, 5) is 14.7. The lowest BCUT2D eigenvalue weighted by Gasteiger charge is -2.25. The van der Waals surface area contributed by atoms with E-state index in [4.69, 9.17) is 11.5 Å². The highest BCUT2D eigenvalue weighted by Crippen LogP contribution is 2.28. The summed E-state index contributed by atoms with van der Waals surface area (Å²) in [6, 6.07) is 1.97. The topological polar surface area (TPSA) is 92.6 Å². The maximum Gasteiger partial charge on any atom is 0.339 e. The van der Waals surface area contributed by atoms with E-state index >= 15 is 0 Å². The molecule has 1 saturated heterocycles. The largest absolute Gasteiger partial charge is 0.478 e. The Balaban J connectivity index is 2.46. The molecule has 0 bridgehead atoms. The van der Waals surface area contributed by atoms with Gasteiger partial charge in [0.1, 0.15) is 11.4 Å². The number of hydrogen-bond acceptors (Lipinski definition) is 5. The van der Waals surface area contributed by atoms with Gasteiger partial charge in [0, 0.05) is 13.1 Å². The van der Waals surface area contributed by atoms with Gasteiger partial charge >= 0.3 is 5.97 Å². The second-order valence-electron chi connectivity index (χ2n) is 5.94. The molecule has 0 aliphatic carbocycles. The molecule has 0 unspecified atom stereocenters. The highest BCUT2D eigenvalue weighted by Gasteiger charge is 2.22. The zero-order chi connectivity index (χ0) is 17.0.